The van der Waals surface area contributed by atoms with Crippen LogP contribution < -0.4 is 14.2 Å². The van der Waals surface area contributed by atoms with E-state index < -0.39 is 0 Å². The summed E-state index contributed by atoms with van der Waals surface area (Å²) in [5, 5.41) is 1.15. The molecule has 4 aromatic rings. The van der Waals surface area contributed by atoms with Crippen LogP contribution in [0.25, 0.3) is 28.0 Å². The Bertz CT molecular complexity index is 1040. The van der Waals surface area contributed by atoms with Gasteiger partial charge in [0.1, 0.15) is 5.82 Å². The van der Waals surface area contributed by atoms with E-state index in [0.717, 1.165) is 28.0 Å². The number of fused-ring (bicyclic) bond motifs is 1. The molecule has 0 unspecified atom stereocenters. The highest BCUT2D eigenvalue weighted by atomic mass is 16.5. The lowest BCUT2D eigenvalue weighted by Gasteiger charge is -2.15. The van der Waals surface area contributed by atoms with Crippen molar-refractivity contribution in [1.82, 2.24) is 14.5 Å². The summed E-state index contributed by atoms with van der Waals surface area (Å²) in [6.07, 6.45) is 5.65. The summed E-state index contributed by atoms with van der Waals surface area (Å²) < 4.78 is 18.4. The Kier molecular flexibility index (Phi) is 4.01. The van der Waals surface area contributed by atoms with Crippen LogP contribution in [-0.4, -0.2) is 35.9 Å². The third kappa shape index (κ3) is 2.56. The van der Waals surface area contributed by atoms with Crippen molar-refractivity contribution < 1.29 is 14.2 Å². The van der Waals surface area contributed by atoms with E-state index in [0.29, 0.717) is 17.2 Å². The molecule has 0 saturated carbocycles. The molecule has 2 heterocycles. The predicted molar refractivity (Wildman–Crippen MR) is 101 cm³/mol. The molecule has 6 heteroatoms. The molecule has 0 bridgehead atoms. The number of methoxy groups -OCH3 is 3. The first kappa shape index (κ1) is 16.1. The van der Waals surface area contributed by atoms with Crippen molar-refractivity contribution in [2.45, 2.75) is 0 Å². The van der Waals surface area contributed by atoms with Gasteiger partial charge in [0.2, 0.25) is 5.75 Å². The average Bonchev–Trinajstić information content (AvgIpc) is 3.35. The Morgan fingerprint density at radius 3 is 2.38 bits per heavy atom. The van der Waals surface area contributed by atoms with Crippen LogP contribution in [0.1, 0.15) is 0 Å². The highest BCUT2D eigenvalue weighted by molar-refractivity contribution is 5.82. The van der Waals surface area contributed by atoms with E-state index in [2.05, 4.69) is 34.2 Å². The summed E-state index contributed by atoms with van der Waals surface area (Å²) in [5.74, 6) is 2.54. The standard InChI is InChI=1S/C20H19N3O3/c1-24-17-11-14(12-18(25-2)19(17)26-3)20-22-8-9-23(20)15-4-5-16-13(10-15)6-7-21-16/h4-12,21H,1-3H3. The van der Waals surface area contributed by atoms with E-state index in [-0.39, 0.29) is 0 Å². The van der Waals surface area contributed by atoms with Crippen LogP contribution in [-0.2, 0) is 0 Å². The number of rotatable bonds is 5. The van der Waals surface area contributed by atoms with Gasteiger partial charge < -0.3 is 19.2 Å². The summed E-state index contributed by atoms with van der Waals surface area (Å²) in [6, 6.07) is 12.1. The molecule has 4 rings (SSSR count). The minimum absolute atomic E-state index is 0.561. The molecule has 0 aliphatic rings. The van der Waals surface area contributed by atoms with E-state index >= 15 is 0 Å². The zero-order chi connectivity index (χ0) is 18.1. The maximum absolute atomic E-state index is 5.46. The number of nitrogens with zero attached hydrogens (tertiary/aromatic N) is 2. The summed E-state index contributed by atoms with van der Waals surface area (Å²) in [5.41, 5.74) is 3.00. The topological polar surface area (TPSA) is 61.3 Å². The minimum Gasteiger partial charge on any atom is -0.493 e. The second-order valence-electron chi connectivity index (χ2n) is 5.78. The highest BCUT2D eigenvalue weighted by Gasteiger charge is 2.17. The second-order valence-corrected chi connectivity index (χ2v) is 5.78. The van der Waals surface area contributed by atoms with Gasteiger partial charge in [-0.2, -0.15) is 0 Å². The molecule has 1 N–H and O–H groups in total. The summed E-state index contributed by atoms with van der Waals surface area (Å²) in [6.45, 7) is 0. The summed E-state index contributed by atoms with van der Waals surface area (Å²) in [4.78, 5) is 7.75. The molecule has 0 aliphatic heterocycles. The molecular formula is C20H19N3O3. The van der Waals surface area contributed by atoms with Crippen molar-refractivity contribution >= 4 is 10.9 Å². The maximum atomic E-state index is 5.46. The number of hydrogen-bond donors (Lipinski definition) is 1. The number of nitrogens with one attached hydrogen (secondary N) is 1. The zero-order valence-electron chi connectivity index (χ0n) is 14.8. The number of aromatic amines is 1. The quantitative estimate of drug-likeness (QED) is 0.590. The summed E-state index contributed by atoms with van der Waals surface area (Å²) in [7, 11) is 4.80. The average molecular weight is 349 g/mol. The van der Waals surface area contributed by atoms with Crippen LogP contribution in [0.15, 0.2) is 55.0 Å². The van der Waals surface area contributed by atoms with E-state index in [1.807, 2.05) is 29.1 Å². The number of ether oxygens (including phenoxy) is 3. The lowest BCUT2D eigenvalue weighted by Crippen LogP contribution is -1.99. The Hall–Kier alpha value is -3.41. The molecule has 6 nitrogen and oxygen atoms in total. The molecule has 0 aliphatic carbocycles. The smallest absolute Gasteiger partial charge is 0.203 e. The first-order valence-electron chi connectivity index (χ1n) is 8.16. The molecule has 0 radical (unpaired) electrons. The van der Waals surface area contributed by atoms with Crippen LogP contribution in [0.3, 0.4) is 0 Å². The molecule has 0 saturated heterocycles. The van der Waals surface area contributed by atoms with Gasteiger partial charge in [-0.3, -0.25) is 4.57 Å². The Morgan fingerprint density at radius 1 is 0.923 bits per heavy atom. The van der Waals surface area contributed by atoms with E-state index in [1.54, 1.807) is 27.5 Å². The van der Waals surface area contributed by atoms with Crippen LogP contribution >= 0.6 is 0 Å². The maximum Gasteiger partial charge on any atom is 0.203 e. The number of imidazole rings is 1. The fraction of sp³-hybridized carbons (Fsp3) is 0.150. The first-order valence-corrected chi connectivity index (χ1v) is 8.16. The van der Waals surface area contributed by atoms with Gasteiger partial charge in [0, 0.05) is 40.7 Å². The number of hydrogen-bond acceptors (Lipinski definition) is 4. The van der Waals surface area contributed by atoms with Gasteiger partial charge in [0.25, 0.3) is 0 Å². The van der Waals surface area contributed by atoms with Crippen LogP contribution in [0.4, 0.5) is 0 Å². The van der Waals surface area contributed by atoms with Crippen molar-refractivity contribution in [2.24, 2.45) is 0 Å². The Morgan fingerprint density at radius 2 is 1.69 bits per heavy atom. The fourth-order valence-corrected chi connectivity index (χ4v) is 3.13. The number of H-pyrrole nitrogens is 1. The van der Waals surface area contributed by atoms with Crippen molar-refractivity contribution in [1.29, 1.82) is 0 Å². The lowest BCUT2D eigenvalue weighted by atomic mass is 10.1. The third-order valence-electron chi connectivity index (χ3n) is 4.38. The van der Waals surface area contributed by atoms with Gasteiger partial charge in [-0.25, -0.2) is 4.98 Å². The predicted octanol–water partition coefficient (Wildman–Crippen LogP) is 4.05. The van der Waals surface area contributed by atoms with Gasteiger partial charge in [0.05, 0.1) is 21.3 Å². The van der Waals surface area contributed by atoms with Gasteiger partial charge in [-0.1, -0.05) is 0 Å². The van der Waals surface area contributed by atoms with Crippen molar-refractivity contribution in [3.8, 4) is 34.3 Å². The number of aromatic nitrogens is 3. The normalized spacial score (nSPS) is 10.9. The molecule has 2 aromatic carbocycles. The molecular weight excluding hydrogens is 330 g/mol. The van der Waals surface area contributed by atoms with Gasteiger partial charge >= 0.3 is 0 Å². The van der Waals surface area contributed by atoms with Gasteiger partial charge in [-0.15, -0.1) is 0 Å². The van der Waals surface area contributed by atoms with E-state index in [9.17, 15) is 0 Å². The molecule has 0 amide bonds. The number of benzene rings is 2. The second kappa shape index (κ2) is 6.48. The minimum atomic E-state index is 0.561. The highest BCUT2D eigenvalue weighted by Crippen LogP contribution is 2.41. The van der Waals surface area contributed by atoms with Crippen LogP contribution in [0, 0.1) is 0 Å². The van der Waals surface area contributed by atoms with Crippen molar-refractivity contribution in [3.05, 3.63) is 55.0 Å². The summed E-state index contributed by atoms with van der Waals surface area (Å²) >= 11 is 0. The SMILES string of the molecule is COc1cc(-c2nccn2-c2ccc3[nH]ccc3c2)cc(OC)c1OC. The largest absolute Gasteiger partial charge is 0.493 e. The van der Waals surface area contributed by atoms with Crippen LogP contribution in [0.5, 0.6) is 17.2 Å². The molecule has 0 fully saturated rings. The van der Waals surface area contributed by atoms with Crippen LogP contribution in [0.2, 0.25) is 0 Å². The van der Waals surface area contributed by atoms with Crippen molar-refractivity contribution in [2.75, 3.05) is 21.3 Å². The van der Waals surface area contributed by atoms with E-state index in [4.69, 9.17) is 14.2 Å². The molecule has 2 aromatic heterocycles. The molecule has 132 valence electrons. The molecule has 26 heavy (non-hydrogen) atoms. The first-order chi connectivity index (χ1) is 12.7. The molecule has 0 spiro atoms. The van der Waals surface area contributed by atoms with Crippen molar-refractivity contribution in [3.63, 3.8) is 0 Å². The Labute approximate surface area is 151 Å². The van der Waals surface area contributed by atoms with E-state index in [1.165, 1.54) is 0 Å². The third-order valence-corrected chi connectivity index (χ3v) is 4.38. The van der Waals surface area contributed by atoms with Gasteiger partial charge in [0.15, 0.2) is 11.5 Å². The molecule has 0 atom stereocenters. The van der Waals surface area contributed by atoms with Gasteiger partial charge in [-0.05, 0) is 36.4 Å². The zero-order valence-corrected chi connectivity index (χ0v) is 14.8. The fourth-order valence-electron chi connectivity index (χ4n) is 3.13. The lowest BCUT2D eigenvalue weighted by molar-refractivity contribution is 0.324. The monoisotopic (exact) mass is 349 g/mol. The Balaban J connectivity index is 1.86.